The Morgan fingerprint density at radius 3 is 2.61 bits per heavy atom. The molecular weight excluding hydrogens is 366 g/mol. The third kappa shape index (κ3) is 2.69. The van der Waals surface area contributed by atoms with E-state index in [0.29, 0.717) is 10.6 Å². The molecule has 0 aliphatic carbocycles. The van der Waals surface area contributed by atoms with E-state index in [0.717, 1.165) is 11.8 Å². The van der Waals surface area contributed by atoms with Crippen LogP contribution in [0.15, 0.2) is 35.9 Å². The van der Waals surface area contributed by atoms with E-state index in [2.05, 4.69) is 4.40 Å². The predicted molar refractivity (Wildman–Crippen MR) is 85.1 cm³/mol. The van der Waals surface area contributed by atoms with Gasteiger partial charge in [-0.15, -0.1) is 0 Å². The molecule has 0 fully saturated rings. The number of halogens is 1. The van der Waals surface area contributed by atoms with Crippen molar-refractivity contribution in [2.24, 2.45) is 4.40 Å². The normalized spacial score (nSPS) is 15.8. The van der Waals surface area contributed by atoms with Crippen molar-refractivity contribution < 1.29 is 13.5 Å². The molecular formula is C12H8ClN3O5S2. The molecule has 2 aromatic rings. The first-order valence-electron chi connectivity index (χ1n) is 6.08. The molecule has 0 unspecified atom stereocenters. The molecule has 0 spiro atoms. The molecule has 2 heterocycles. The van der Waals surface area contributed by atoms with Gasteiger partial charge in [-0.05, 0) is 24.6 Å². The van der Waals surface area contributed by atoms with Gasteiger partial charge in [0.25, 0.3) is 15.6 Å². The molecule has 1 aliphatic rings. The average Bonchev–Trinajstić information content (AvgIpc) is 2.39. The van der Waals surface area contributed by atoms with E-state index in [1.54, 1.807) is 6.92 Å². The van der Waals surface area contributed by atoms with Crippen LogP contribution in [0.3, 0.4) is 0 Å². The molecule has 0 bridgehead atoms. The lowest BCUT2D eigenvalue weighted by Crippen LogP contribution is -2.28. The van der Waals surface area contributed by atoms with Gasteiger partial charge in [-0.1, -0.05) is 23.4 Å². The zero-order chi connectivity index (χ0) is 16.9. The minimum atomic E-state index is -4.07. The summed E-state index contributed by atoms with van der Waals surface area (Å²) in [7, 11) is -4.07. The largest absolute Gasteiger partial charge is 0.494 e. The van der Waals surface area contributed by atoms with Crippen molar-refractivity contribution in [3.63, 3.8) is 0 Å². The summed E-state index contributed by atoms with van der Waals surface area (Å²) in [6, 6.07) is 2.83. The molecule has 120 valence electrons. The number of hydrogen-bond acceptors (Lipinski definition) is 6. The molecule has 3 rings (SSSR count). The molecule has 0 amide bonds. The number of aryl methyl sites for hydroxylation is 1. The Labute approximate surface area is 138 Å². The number of thioether (sulfide) groups is 1. The van der Waals surface area contributed by atoms with Gasteiger partial charge in [0.15, 0.2) is 0 Å². The van der Waals surface area contributed by atoms with Crippen molar-refractivity contribution >= 4 is 38.4 Å². The molecule has 0 radical (unpaired) electrons. The van der Waals surface area contributed by atoms with Gasteiger partial charge >= 0.3 is 5.69 Å². The highest BCUT2D eigenvalue weighted by Crippen LogP contribution is 2.39. The fourth-order valence-corrected chi connectivity index (χ4v) is 4.96. The highest BCUT2D eigenvalue weighted by Gasteiger charge is 2.30. The van der Waals surface area contributed by atoms with Crippen LogP contribution in [-0.4, -0.2) is 28.5 Å². The fraction of sp³-hybridized carbons (Fsp3) is 0.0833. The standard InChI is InChI=1S/C12H8ClN3O5S2/c1-4-2-7-6(3-5(4)13)22-11(16-23(7,20)21)8-9(17)14-12(19)15-10(8)18/h2-3H,1H3,(H3,14,15,17,18,19). The molecule has 1 aromatic carbocycles. The van der Waals surface area contributed by atoms with Crippen LogP contribution < -0.4 is 11.2 Å². The van der Waals surface area contributed by atoms with E-state index in [9.17, 15) is 23.1 Å². The van der Waals surface area contributed by atoms with Gasteiger partial charge < -0.3 is 5.11 Å². The minimum absolute atomic E-state index is 0.0338. The summed E-state index contributed by atoms with van der Waals surface area (Å²) in [6.45, 7) is 1.65. The molecule has 1 aromatic heterocycles. The molecule has 0 atom stereocenters. The predicted octanol–water partition coefficient (Wildman–Crippen LogP) is 0.972. The zero-order valence-electron chi connectivity index (χ0n) is 11.4. The van der Waals surface area contributed by atoms with Crippen LogP contribution in [0, 0.1) is 6.92 Å². The van der Waals surface area contributed by atoms with E-state index < -0.39 is 32.7 Å². The van der Waals surface area contributed by atoms with Crippen LogP contribution in [0.2, 0.25) is 5.02 Å². The Kier molecular flexibility index (Phi) is 3.62. The van der Waals surface area contributed by atoms with Crippen molar-refractivity contribution in [1.82, 2.24) is 9.97 Å². The summed E-state index contributed by atoms with van der Waals surface area (Å²) >= 11 is 6.86. The highest BCUT2D eigenvalue weighted by molar-refractivity contribution is 8.16. The summed E-state index contributed by atoms with van der Waals surface area (Å²) in [4.78, 5) is 27.1. The second-order valence-electron chi connectivity index (χ2n) is 4.65. The zero-order valence-corrected chi connectivity index (χ0v) is 13.8. The lowest BCUT2D eigenvalue weighted by molar-refractivity contribution is 0.447. The minimum Gasteiger partial charge on any atom is -0.494 e. The van der Waals surface area contributed by atoms with Crippen LogP contribution in [0.1, 0.15) is 11.1 Å². The van der Waals surface area contributed by atoms with Gasteiger partial charge in [0, 0.05) is 9.92 Å². The molecule has 23 heavy (non-hydrogen) atoms. The maximum absolute atomic E-state index is 12.3. The number of nitrogens with one attached hydrogen (secondary N) is 2. The van der Waals surface area contributed by atoms with Gasteiger partial charge in [-0.2, -0.15) is 12.8 Å². The quantitative estimate of drug-likeness (QED) is 0.682. The van der Waals surface area contributed by atoms with Crippen molar-refractivity contribution in [2.75, 3.05) is 0 Å². The Morgan fingerprint density at radius 1 is 1.26 bits per heavy atom. The van der Waals surface area contributed by atoms with E-state index in [4.69, 9.17) is 11.6 Å². The van der Waals surface area contributed by atoms with E-state index >= 15 is 0 Å². The number of sulfonamides is 1. The first kappa shape index (κ1) is 15.8. The Bertz CT molecular complexity index is 1080. The van der Waals surface area contributed by atoms with E-state index in [1.807, 2.05) is 9.97 Å². The third-order valence-electron chi connectivity index (χ3n) is 3.05. The lowest BCUT2D eigenvalue weighted by Gasteiger charge is -2.16. The van der Waals surface area contributed by atoms with Crippen LogP contribution in [-0.2, 0) is 10.0 Å². The number of rotatable bonds is 1. The smallest absolute Gasteiger partial charge is 0.328 e. The number of aromatic nitrogens is 2. The van der Waals surface area contributed by atoms with Crippen LogP contribution in [0.4, 0.5) is 0 Å². The number of aromatic amines is 2. The number of benzene rings is 1. The molecule has 0 saturated heterocycles. The number of aromatic hydroxyl groups is 1. The second-order valence-corrected chi connectivity index (χ2v) is 7.66. The van der Waals surface area contributed by atoms with Crippen molar-refractivity contribution in [3.05, 3.63) is 49.1 Å². The van der Waals surface area contributed by atoms with Crippen LogP contribution in [0.5, 0.6) is 5.88 Å². The first-order valence-corrected chi connectivity index (χ1v) is 8.71. The Hall–Kier alpha value is -2.04. The Balaban J connectivity index is 2.27. The molecule has 1 aliphatic heterocycles. The fourth-order valence-electron chi connectivity index (χ4n) is 1.97. The summed E-state index contributed by atoms with van der Waals surface area (Å²) in [5.74, 6) is -0.762. The second kappa shape index (κ2) is 5.25. The maximum atomic E-state index is 12.3. The maximum Gasteiger partial charge on any atom is 0.328 e. The molecule has 11 heteroatoms. The summed E-state index contributed by atoms with van der Waals surface area (Å²) < 4.78 is 28.2. The van der Waals surface area contributed by atoms with Crippen LogP contribution in [0.25, 0.3) is 0 Å². The SMILES string of the molecule is Cc1cc2c(cc1Cl)SC(c1c(O)[nH]c(=O)[nH]c1=O)=NS2(=O)=O. The molecule has 3 N–H and O–H groups in total. The molecule has 8 nitrogen and oxygen atoms in total. The monoisotopic (exact) mass is 373 g/mol. The molecule has 0 saturated carbocycles. The van der Waals surface area contributed by atoms with Gasteiger partial charge in [-0.3, -0.25) is 14.8 Å². The van der Waals surface area contributed by atoms with Crippen molar-refractivity contribution in [1.29, 1.82) is 0 Å². The van der Waals surface area contributed by atoms with Gasteiger partial charge in [-0.25, -0.2) is 4.79 Å². The summed E-state index contributed by atoms with van der Waals surface area (Å²) in [5.41, 5.74) is -1.73. The number of nitrogens with zero attached hydrogens (tertiary/aromatic N) is 1. The lowest BCUT2D eigenvalue weighted by atomic mass is 10.2. The average molecular weight is 374 g/mol. The van der Waals surface area contributed by atoms with Crippen molar-refractivity contribution in [3.8, 4) is 5.88 Å². The van der Waals surface area contributed by atoms with Gasteiger partial charge in [0.2, 0.25) is 5.88 Å². The number of H-pyrrole nitrogens is 2. The van der Waals surface area contributed by atoms with E-state index in [1.165, 1.54) is 12.1 Å². The van der Waals surface area contributed by atoms with Gasteiger partial charge in [0.05, 0.1) is 0 Å². The summed E-state index contributed by atoms with van der Waals surface area (Å²) in [6.07, 6.45) is 0. The van der Waals surface area contributed by atoms with E-state index in [-0.39, 0.29) is 14.8 Å². The number of hydrogen-bond donors (Lipinski definition) is 3. The van der Waals surface area contributed by atoms with Crippen LogP contribution >= 0.6 is 23.4 Å². The first-order chi connectivity index (χ1) is 10.7. The summed E-state index contributed by atoms with van der Waals surface area (Å²) in [5, 5.41) is 9.85. The third-order valence-corrected chi connectivity index (χ3v) is 6.06. The highest BCUT2D eigenvalue weighted by atomic mass is 35.5. The number of fused-ring (bicyclic) bond motifs is 1. The van der Waals surface area contributed by atoms with Crippen molar-refractivity contribution in [2.45, 2.75) is 16.7 Å². The Morgan fingerprint density at radius 2 is 1.96 bits per heavy atom. The van der Waals surface area contributed by atoms with Gasteiger partial charge in [0.1, 0.15) is 15.5 Å². The topological polar surface area (TPSA) is 132 Å².